The highest BCUT2D eigenvalue weighted by molar-refractivity contribution is 7.92. The average Bonchev–Trinajstić information content (AvgIpc) is 2.96. The number of carbonyl (C=O) groups excluding carboxylic acids is 2. The Kier molecular flexibility index (Phi) is 10.9. The molecule has 208 valence electrons. The molecule has 0 saturated heterocycles. The van der Waals surface area contributed by atoms with Gasteiger partial charge in [0.25, 0.3) is 10.0 Å². The topological polar surface area (TPSA) is 96.0 Å². The van der Waals surface area contributed by atoms with Gasteiger partial charge in [-0.05, 0) is 42.7 Å². The predicted molar refractivity (Wildman–Crippen MR) is 153 cm³/mol. The van der Waals surface area contributed by atoms with E-state index in [0.29, 0.717) is 18.7 Å². The molecule has 0 aromatic heterocycles. The van der Waals surface area contributed by atoms with Gasteiger partial charge in [-0.25, -0.2) is 8.42 Å². The minimum atomic E-state index is -4.12. The first-order chi connectivity index (χ1) is 18.8. The van der Waals surface area contributed by atoms with Gasteiger partial charge in [0, 0.05) is 19.2 Å². The molecule has 39 heavy (non-hydrogen) atoms. The monoisotopic (exact) mass is 551 g/mol. The Morgan fingerprint density at radius 1 is 0.923 bits per heavy atom. The number of nitrogens with one attached hydrogen (secondary N) is 1. The number of amides is 2. The first-order valence-electron chi connectivity index (χ1n) is 13.1. The van der Waals surface area contributed by atoms with Crippen LogP contribution in [0.4, 0.5) is 5.69 Å². The van der Waals surface area contributed by atoms with E-state index in [1.54, 1.807) is 42.5 Å². The number of methoxy groups -OCH3 is 1. The molecule has 1 N–H and O–H groups in total. The molecule has 0 aliphatic heterocycles. The lowest BCUT2D eigenvalue weighted by Gasteiger charge is -2.33. The maximum absolute atomic E-state index is 14.0. The number of nitrogens with zero attached hydrogens (tertiary/aromatic N) is 2. The van der Waals surface area contributed by atoms with Crippen LogP contribution in [0.5, 0.6) is 5.75 Å². The molecule has 3 aromatic carbocycles. The number of carbonyl (C=O) groups is 2. The lowest BCUT2D eigenvalue weighted by molar-refractivity contribution is -0.140. The zero-order valence-corrected chi connectivity index (χ0v) is 23.6. The van der Waals surface area contributed by atoms with E-state index in [-0.39, 0.29) is 23.0 Å². The van der Waals surface area contributed by atoms with E-state index >= 15 is 0 Å². The zero-order chi connectivity index (χ0) is 28.3. The van der Waals surface area contributed by atoms with Crippen molar-refractivity contribution in [2.24, 2.45) is 0 Å². The van der Waals surface area contributed by atoms with Gasteiger partial charge in [0.05, 0.1) is 17.7 Å². The molecule has 0 unspecified atom stereocenters. The summed E-state index contributed by atoms with van der Waals surface area (Å²) in [5.41, 5.74) is 1.12. The van der Waals surface area contributed by atoms with E-state index < -0.39 is 28.5 Å². The maximum atomic E-state index is 14.0. The van der Waals surface area contributed by atoms with Crippen LogP contribution in [-0.4, -0.2) is 51.4 Å². The summed E-state index contributed by atoms with van der Waals surface area (Å²) in [6.45, 7) is 4.06. The SMILES string of the molecule is CCCCNC(=O)[C@H](CC)N(Cc1ccccc1)C(=O)CN(c1cccc(OC)c1)S(=O)(=O)c1ccccc1. The normalized spacial score (nSPS) is 11.9. The summed E-state index contributed by atoms with van der Waals surface area (Å²) in [6, 6.07) is 23.1. The molecule has 0 radical (unpaired) electrons. The molecule has 0 spiro atoms. The van der Waals surface area contributed by atoms with E-state index in [4.69, 9.17) is 4.74 Å². The van der Waals surface area contributed by atoms with Crippen molar-refractivity contribution in [3.8, 4) is 5.75 Å². The van der Waals surface area contributed by atoms with Crippen LogP contribution < -0.4 is 14.4 Å². The van der Waals surface area contributed by atoms with Crippen LogP contribution in [0.25, 0.3) is 0 Å². The molecule has 3 rings (SSSR count). The largest absolute Gasteiger partial charge is 0.497 e. The summed E-state index contributed by atoms with van der Waals surface area (Å²) in [6.07, 6.45) is 2.13. The van der Waals surface area contributed by atoms with E-state index in [1.165, 1.54) is 24.1 Å². The highest BCUT2D eigenvalue weighted by atomic mass is 32.2. The standard InChI is InChI=1S/C30H37N3O5S/c1-4-6-20-31-30(35)28(5-2)32(22-24-14-9-7-10-15-24)29(34)23-33(25-16-13-17-26(21-25)38-3)39(36,37)27-18-11-8-12-19-27/h7-19,21,28H,4-6,20,22-23H2,1-3H3,(H,31,35)/t28-/m0/s1. The van der Waals surface area contributed by atoms with Gasteiger partial charge in [-0.3, -0.25) is 13.9 Å². The number of sulfonamides is 1. The van der Waals surface area contributed by atoms with Gasteiger partial charge in [0.2, 0.25) is 11.8 Å². The zero-order valence-electron chi connectivity index (χ0n) is 22.7. The molecule has 8 nitrogen and oxygen atoms in total. The Morgan fingerprint density at radius 3 is 2.21 bits per heavy atom. The number of rotatable bonds is 14. The van der Waals surface area contributed by atoms with Crippen LogP contribution in [0.3, 0.4) is 0 Å². The van der Waals surface area contributed by atoms with Crippen molar-refractivity contribution in [2.45, 2.75) is 50.6 Å². The van der Waals surface area contributed by atoms with Crippen molar-refractivity contribution in [1.29, 1.82) is 0 Å². The molecule has 2 amide bonds. The third-order valence-corrected chi connectivity index (χ3v) is 8.15. The van der Waals surface area contributed by atoms with Gasteiger partial charge in [-0.1, -0.05) is 74.9 Å². The summed E-state index contributed by atoms with van der Waals surface area (Å²) in [5, 5.41) is 2.93. The Hall–Kier alpha value is -3.85. The number of anilines is 1. The second-order valence-corrected chi connectivity index (χ2v) is 11.0. The molecule has 0 saturated carbocycles. The highest BCUT2D eigenvalue weighted by Gasteiger charge is 2.33. The number of ether oxygens (including phenoxy) is 1. The van der Waals surface area contributed by atoms with Gasteiger partial charge in [0.15, 0.2) is 0 Å². The molecular formula is C30H37N3O5S. The van der Waals surface area contributed by atoms with Crippen LogP contribution in [0.1, 0.15) is 38.7 Å². The van der Waals surface area contributed by atoms with Crippen molar-refractivity contribution in [3.05, 3.63) is 90.5 Å². The molecule has 9 heteroatoms. The van der Waals surface area contributed by atoms with Gasteiger partial charge in [-0.2, -0.15) is 0 Å². The van der Waals surface area contributed by atoms with Crippen molar-refractivity contribution in [1.82, 2.24) is 10.2 Å². The predicted octanol–water partition coefficient (Wildman–Crippen LogP) is 4.61. The number of hydrogen-bond donors (Lipinski definition) is 1. The van der Waals surface area contributed by atoms with Crippen molar-refractivity contribution >= 4 is 27.5 Å². The van der Waals surface area contributed by atoms with E-state index in [9.17, 15) is 18.0 Å². The van der Waals surface area contributed by atoms with E-state index in [2.05, 4.69) is 5.32 Å². The highest BCUT2D eigenvalue weighted by Crippen LogP contribution is 2.27. The summed E-state index contributed by atoms with van der Waals surface area (Å²) in [7, 11) is -2.63. The minimum absolute atomic E-state index is 0.0552. The molecule has 1 atom stereocenters. The van der Waals surface area contributed by atoms with Crippen LogP contribution >= 0.6 is 0 Å². The third-order valence-electron chi connectivity index (χ3n) is 6.36. The van der Waals surface area contributed by atoms with Crippen LogP contribution in [0, 0.1) is 0 Å². The quantitative estimate of drug-likeness (QED) is 0.295. The summed E-state index contributed by atoms with van der Waals surface area (Å²) < 4.78 is 34.1. The van der Waals surface area contributed by atoms with Crippen LogP contribution in [0.2, 0.25) is 0 Å². The van der Waals surface area contributed by atoms with Crippen LogP contribution in [-0.2, 0) is 26.2 Å². The Balaban J connectivity index is 2.02. The molecule has 0 bridgehead atoms. The minimum Gasteiger partial charge on any atom is -0.497 e. The smallest absolute Gasteiger partial charge is 0.264 e. The van der Waals surface area contributed by atoms with Gasteiger partial charge in [-0.15, -0.1) is 0 Å². The third kappa shape index (κ3) is 7.83. The summed E-state index contributed by atoms with van der Waals surface area (Å²) in [5.74, 6) is -0.288. The van der Waals surface area contributed by atoms with E-state index in [0.717, 1.165) is 22.7 Å². The fraction of sp³-hybridized carbons (Fsp3) is 0.333. The Morgan fingerprint density at radius 2 is 1.59 bits per heavy atom. The lowest BCUT2D eigenvalue weighted by Crippen LogP contribution is -2.52. The lowest BCUT2D eigenvalue weighted by atomic mass is 10.1. The molecule has 0 aliphatic carbocycles. The number of hydrogen-bond acceptors (Lipinski definition) is 5. The second kappa shape index (κ2) is 14.3. The Bertz CT molecular complexity index is 1320. The fourth-order valence-electron chi connectivity index (χ4n) is 4.22. The van der Waals surface area contributed by atoms with Crippen molar-refractivity contribution < 1.29 is 22.7 Å². The summed E-state index contributed by atoms with van der Waals surface area (Å²) >= 11 is 0. The van der Waals surface area contributed by atoms with Crippen LogP contribution in [0.15, 0.2) is 89.8 Å². The first-order valence-corrected chi connectivity index (χ1v) is 14.6. The second-order valence-electron chi connectivity index (χ2n) is 9.10. The van der Waals surface area contributed by atoms with Crippen molar-refractivity contribution in [2.75, 3.05) is 24.5 Å². The van der Waals surface area contributed by atoms with Gasteiger partial charge in [0.1, 0.15) is 18.3 Å². The molecular weight excluding hydrogens is 514 g/mol. The first kappa shape index (κ1) is 29.7. The summed E-state index contributed by atoms with van der Waals surface area (Å²) in [4.78, 5) is 28.7. The van der Waals surface area contributed by atoms with E-state index in [1.807, 2.05) is 44.2 Å². The molecule has 0 heterocycles. The average molecular weight is 552 g/mol. The molecule has 0 fully saturated rings. The fourth-order valence-corrected chi connectivity index (χ4v) is 5.65. The maximum Gasteiger partial charge on any atom is 0.264 e. The number of unbranched alkanes of at least 4 members (excludes halogenated alkanes) is 1. The number of benzene rings is 3. The molecule has 3 aromatic rings. The van der Waals surface area contributed by atoms with Crippen molar-refractivity contribution in [3.63, 3.8) is 0 Å². The van der Waals surface area contributed by atoms with Gasteiger partial charge >= 0.3 is 0 Å². The molecule has 0 aliphatic rings. The Labute approximate surface area is 231 Å². The van der Waals surface area contributed by atoms with Gasteiger partial charge < -0.3 is 15.0 Å².